The minimum atomic E-state index is -0.282. The van der Waals surface area contributed by atoms with Crippen molar-refractivity contribution in [2.24, 2.45) is 7.05 Å². The lowest BCUT2D eigenvalue weighted by molar-refractivity contribution is 0.628. The number of hydrogen-bond acceptors (Lipinski definition) is 3. The smallest absolute Gasteiger partial charge is 0.165 e. The lowest BCUT2D eigenvalue weighted by atomic mass is 10.2. The molecule has 90 valence electrons. The van der Waals surface area contributed by atoms with Crippen LogP contribution in [-0.4, -0.2) is 19.5 Å². The molecule has 2 heterocycles. The molecule has 0 aliphatic carbocycles. The summed E-state index contributed by atoms with van der Waals surface area (Å²) in [5.74, 6) is 0.391. The zero-order valence-corrected chi connectivity index (χ0v) is 10.2. The van der Waals surface area contributed by atoms with E-state index in [0.29, 0.717) is 22.1 Å². The molecular formula is C12H8ClFN4. The van der Waals surface area contributed by atoms with Gasteiger partial charge in [-0.2, -0.15) is 0 Å². The standard InChI is InChI=1S/C12H8ClFN4/c1-18-11(7-2-4-8(14)5-3-7)17-9-10(13)15-6-16-12(9)18/h2-6H,1H3. The molecule has 3 aromatic rings. The fourth-order valence-electron chi connectivity index (χ4n) is 1.83. The Bertz CT molecular complexity index is 721. The van der Waals surface area contributed by atoms with Crippen molar-refractivity contribution in [2.45, 2.75) is 0 Å². The maximum atomic E-state index is 12.9. The number of benzene rings is 1. The van der Waals surface area contributed by atoms with Crippen LogP contribution < -0.4 is 0 Å². The molecule has 4 nitrogen and oxygen atoms in total. The van der Waals surface area contributed by atoms with Gasteiger partial charge in [-0.25, -0.2) is 19.3 Å². The van der Waals surface area contributed by atoms with Crippen molar-refractivity contribution in [3.05, 3.63) is 41.6 Å². The Kier molecular flexibility index (Phi) is 2.48. The highest BCUT2D eigenvalue weighted by atomic mass is 35.5. The molecule has 0 unspecified atom stereocenters. The summed E-state index contributed by atoms with van der Waals surface area (Å²) in [6.45, 7) is 0. The average molecular weight is 263 g/mol. The van der Waals surface area contributed by atoms with Crippen molar-refractivity contribution in [3.63, 3.8) is 0 Å². The number of aryl methyl sites for hydroxylation is 1. The number of nitrogens with zero attached hydrogens (tertiary/aromatic N) is 4. The summed E-state index contributed by atoms with van der Waals surface area (Å²) in [4.78, 5) is 12.4. The Labute approximate surface area is 107 Å². The van der Waals surface area contributed by atoms with E-state index in [1.165, 1.54) is 18.5 Å². The lowest BCUT2D eigenvalue weighted by Crippen LogP contribution is -1.94. The molecule has 18 heavy (non-hydrogen) atoms. The Morgan fingerprint density at radius 2 is 1.89 bits per heavy atom. The summed E-state index contributed by atoms with van der Waals surface area (Å²) >= 11 is 5.97. The second kappa shape index (κ2) is 4.03. The number of imidazole rings is 1. The monoisotopic (exact) mass is 262 g/mol. The van der Waals surface area contributed by atoms with Crippen molar-refractivity contribution >= 4 is 22.8 Å². The van der Waals surface area contributed by atoms with E-state index in [9.17, 15) is 4.39 Å². The molecule has 0 fully saturated rings. The maximum absolute atomic E-state index is 12.9. The normalized spacial score (nSPS) is 11.1. The van der Waals surface area contributed by atoms with E-state index in [1.54, 1.807) is 16.7 Å². The van der Waals surface area contributed by atoms with Crippen molar-refractivity contribution in [1.29, 1.82) is 0 Å². The molecule has 0 radical (unpaired) electrons. The second-order valence-electron chi connectivity index (χ2n) is 3.84. The summed E-state index contributed by atoms with van der Waals surface area (Å²) in [7, 11) is 1.83. The van der Waals surface area contributed by atoms with Gasteiger partial charge in [0, 0.05) is 12.6 Å². The van der Waals surface area contributed by atoms with Crippen LogP contribution in [-0.2, 0) is 7.05 Å². The minimum Gasteiger partial charge on any atom is -0.312 e. The average Bonchev–Trinajstić information content (AvgIpc) is 2.70. The van der Waals surface area contributed by atoms with Gasteiger partial charge >= 0.3 is 0 Å². The van der Waals surface area contributed by atoms with Gasteiger partial charge < -0.3 is 4.57 Å². The maximum Gasteiger partial charge on any atom is 0.165 e. The van der Waals surface area contributed by atoms with Crippen LogP contribution in [0, 0.1) is 5.82 Å². The SMILES string of the molecule is Cn1c(-c2ccc(F)cc2)nc2c(Cl)ncnc21. The molecule has 0 bridgehead atoms. The number of rotatable bonds is 1. The number of fused-ring (bicyclic) bond motifs is 1. The molecule has 0 atom stereocenters. The first-order valence-corrected chi connectivity index (χ1v) is 5.63. The topological polar surface area (TPSA) is 43.6 Å². The van der Waals surface area contributed by atoms with Gasteiger partial charge in [0.25, 0.3) is 0 Å². The van der Waals surface area contributed by atoms with Crippen LogP contribution in [0.5, 0.6) is 0 Å². The van der Waals surface area contributed by atoms with Crippen molar-refractivity contribution in [1.82, 2.24) is 19.5 Å². The van der Waals surface area contributed by atoms with E-state index in [2.05, 4.69) is 15.0 Å². The van der Waals surface area contributed by atoms with Gasteiger partial charge in [0.2, 0.25) is 0 Å². The van der Waals surface area contributed by atoms with E-state index in [0.717, 1.165) is 5.56 Å². The first kappa shape index (κ1) is 11.1. The zero-order chi connectivity index (χ0) is 12.7. The molecule has 0 saturated heterocycles. The highest BCUT2D eigenvalue weighted by Crippen LogP contribution is 2.25. The Hall–Kier alpha value is -2.01. The van der Waals surface area contributed by atoms with E-state index >= 15 is 0 Å². The molecule has 1 aromatic carbocycles. The van der Waals surface area contributed by atoms with Crippen LogP contribution in [0.15, 0.2) is 30.6 Å². The van der Waals surface area contributed by atoms with Crippen LogP contribution in [0.25, 0.3) is 22.6 Å². The van der Waals surface area contributed by atoms with Crippen LogP contribution in [0.3, 0.4) is 0 Å². The van der Waals surface area contributed by atoms with Crippen LogP contribution in [0.2, 0.25) is 5.15 Å². The number of halogens is 2. The van der Waals surface area contributed by atoms with Crippen molar-refractivity contribution in [2.75, 3.05) is 0 Å². The molecule has 0 aliphatic heterocycles. The summed E-state index contributed by atoms with van der Waals surface area (Å²) in [6, 6.07) is 6.11. The molecule has 0 amide bonds. The molecular weight excluding hydrogens is 255 g/mol. The third-order valence-corrected chi connectivity index (χ3v) is 2.99. The quantitative estimate of drug-likeness (QED) is 0.634. The molecule has 0 spiro atoms. The largest absolute Gasteiger partial charge is 0.312 e. The van der Waals surface area contributed by atoms with Gasteiger partial charge in [-0.1, -0.05) is 11.6 Å². The van der Waals surface area contributed by atoms with Crippen molar-refractivity contribution < 1.29 is 4.39 Å². The third kappa shape index (κ3) is 1.64. The summed E-state index contributed by atoms with van der Waals surface area (Å²) in [5.41, 5.74) is 1.99. The Morgan fingerprint density at radius 3 is 2.56 bits per heavy atom. The zero-order valence-electron chi connectivity index (χ0n) is 9.43. The van der Waals surface area contributed by atoms with Crippen molar-refractivity contribution in [3.8, 4) is 11.4 Å². The third-order valence-electron chi connectivity index (χ3n) is 2.71. The second-order valence-corrected chi connectivity index (χ2v) is 4.20. The predicted molar refractivity (Wildman–Crippen MR) is 66.7 cm³/mol. The van der Waals surface area contributed by atoms with Gasteiger partial charge in [0.15, 0.2) is 10.8 Å². The number of aromatic nitrogens is 4. The Morgan fingerprint density at radius 1 is 1.17 bits per heavy atom. The van der Waals surface area contributed by atoms with E-state index in [1.807, 2.05) is 7.05 Å². The van der Waals surface area contributed by atoms with E-state index < -0.39 is 0 Å². The Balaban J connectivity index is 2.27. The summed E-state index contributed by atoms with van der Waals surface area (Å²) in [6.07, 6.45) is 1.39. The van der Waals surface area contributed by atoms with Gasteiger partial charge in [-0.3, -0.25) is 0 Å². The van der Waals surface area contributed by atoms with Gasteiger partial charge in [-0.05, 0) is 24.3 Å². The number of hydrogen-bond donors (Lipinski definition) is 0. The van der Waals surface area contributed by atoms with Gasteiger partial charge in [-0.15, -0.1) is 0 Å². The highest BCUT2D eigenvalue weighted by Gasteiger charge is 2.13. The molecule has 0 N–H and O–H groups in total. The fourth-order valence-corrected chi connectivity index (χ4v) is 2.00. The predicted octanol–water partition coefficient (Wildman–Crippen LogP) is 2.82. The first-order chi connectivity index (χ1) is 8.66. The van der Waals surface area contributed by atoms with Gasteiger partial charge in [0.1, 0.15) is 23.5 Å². The van der Waals surface area contributed by atoms with E-state index in [-0.39, 0.29) is 5.82 Å². The van der Waals surface area contributed by atoms with E-state index in [4.69, 9.17) is 11.6 Å². The van der Waals surface area contributed by atoms with Crippen LogP contribution >= 0.6 is 11.6 Å². The molecule has 6 heteroatoms. The molecule has 2 aromatic heterocycles. The highest BCUT2D eigenvalue weighted by molar-refractivity contribution is 6.33. The molecule has 3 rings (SSSR count). The fraction of sp³-hybridized carbons (Fsp3) is 0.0833. The molecule has 0 aliphatic rings. The first-order valence-electron chi connectivity index (χ1n) is 5.25. The van der Waals surface area contributed by atoms with Gasteiger partial charge in [0.05, 0.1) is 0 Å². The van der Waals surface area contributed by atoms with Crippen LogP contribution in [0.4, 0.5) is 4.39 Å². The minimum absolute atomic E-state index is 0.282. The summed E-state index contributed by atoms with van der Waals surface area (Å²) < 4.78 is 14.7. The summed E-state index contributed by atoms with van der Waals surface area (Å²) in [5, 5.41) is 0.309. The lowest BCUT2D eigenvalue weighted by Gasteiger charge is -2.01. The molecule has 0 saturated carbocycles. The van der Waals surface area contributed by atoms with Crippen LogP contribution in [0.1, 0.15) is 0 Å².